The Balaban J connectivity index is 1.74. The van der Waals surface area contributed by atoms with Crippen LogP contribution in [0.25, 0.3) is 0 Å². The van der Waals surface area contributed by atoms with Gasteiger partial charge >= 0.3 is 0 Å². The minimum Gasteiger partial charge on any atom is -0.363 e. The number of carbonyl (C=O) groups is 1. The number of morpholine rings is 1. The van der Waals surface area contributed by atoms with Gasteiger partial charge in [-0.25, -0.2) is 0 Å². The molecule has 3 saturated heterocycles. The summed E-state index contributed by atoms with van der Waals surface area (Å²) in [6.45, 7) is 0.958. The van der Waals surface area contributed by atoms with Crippen molar-refractivity contribution in [1.82, 2.24) is 10.6 Å². The molecule has 0 radical (unpaired) electrons. The van der Waals surface area contributed by atoms with Crippen LogP contribution < -0.4 is 10.6 Å². The van der Waals surface area contributed by atoms with Crippen molar-refractivity contribution < 1.29 is 9.53 Å². The molecule has 0 aliphatic carbocycles. The van der Waals surface area contributed by atoms with Crippen molar-refractivity contribution in [2.45, 2.75) is 43.4 Å². The van der Waals surface area contributed by atoms with Crippen LogP contribution >= 0.6 is 0 Å². The molecular formula is C10H16N2O2. The molecule has 3 fully saturated rings. The van der Waals surface area contributed by atoms with E-state index in [2.05, 4.69) is 10.6 Å². The van der Waals surface area contributed by atoms with Crippen molar-refractivity contribution in [1.29, 1.82) is 0 Å². The van der Waals surface area contributed by atoms with Gasteiger partial charge in [0.15, 0.2) is 0 Å². The lowest BCUT2D eigenvalue weighted by Gasteiger charge is -2.43. The molecule has 2 atom stereocenters. The first kappa shape index (κ1) is 8.68. The van der Waals surface area contributed by atoms with Gasteiger partial charge in [0.05, 0.1) is 5.60 Å². The summed E-state index contributed by atoms with van der Waals surface area (Å²) >= 11 is 0. The summed E-state index contributed by atoms with van der Waals surface area (Å²) in [6.07, 6.45) is 4.65. The van der Waals surface area contributed by atoms with E-state index in [4.69, 9.17) is 4.74 Å². The highest BCUT2D eigenvalue weighted by molar-refractivity contribution is 5.78. The van der Waals surface area contributed by atoms with Crippen molar-refractivity contribution in [2.75, 3.05) is 13.2 Å². The molecule has 14 heavy (non-hydrogen) atoms. The summed E-state index contributed by atoms with van der Waals surface area (Å²) in [6, 6.07) is 1.23. The van der Waals surface area contributed by atoms with E-state index < -0.39 is 0 Å². The van der Waals surface area contributed by atoms with Crippen molar-refractivity contribution in [3.05, 3.63) is 0 Å². The van der Waals surface area contributed by atoms with Crippen LogP contribution in [0.1, 0.15) is 25.7 Å². The van der Waals surface area contributed by atoms with Crippen LogP contribution in [-0.2, 0) is 9.53 Å². The lowest BCUT2D eigenvalue weighted by Crippen LogP contribution is -2.59. The molecule has 3 heterocycles. The van der Waals surface area contributed by atoms with Crippen molar-refractivity contribution in [3.63, 3.8) is 0 Å². The third-order valence-electron chi connectivity index (χ3n) is 3.69. The number of carbonyl (C=O) groups excluding carboxylic acids is 1. The molecule has 2 N–H and O–H groups in total. The second-order valence-electron chi connectivity index (χ2n) is 4.79. The maximum absolute atomic E-state index is 11.0. The van der Waals surface area contributed by atoms with Gasteiger partial charge in [0.1, 0.15) is 6.61 Å². The second kappa shape index (κ2) is 2.94. The molecule has 0 aromatic rings. The van der Waals surface area contributed by atoms with Gasteiger partial charge in [-0.2, -0.15) is 0 Å². The lowest BCUT2D eigenvalue weighted by atomic mass is 9.86. The number of amides is 1. The molecular weight excluding hydrogens is 180 g/mol. The molecule has 0 aromatic carbocycles. The van der Waals surface area contributed by atoms with Crippen LogP contribution in [0.4, 0.5) is 0 Å². The number of hydrogen-bond acceptors (Lipinski definition) is 3. The van der Waals surface area contributed by atoms with E-state index in [1.807, 2.05) is 0 Å². The van der Waals surface area contributed by atoms with Crippen LogP contribution in [0.5, 0.6) is 0 Å². The Kier molecular flexibility index (Phi) is 1.82. The molecule has 3 aliphatic heterocycles. The number of fused-ring (bicyclic) bond motifs is 2. The molecule has 1 spiro atoms. The Morgan fingerprint density at radius 2 is 2.00 bits per heavy atom. The van der Waals surface area contributed by atoms with Gasteiger partial charge < -0.3 is 15.4 Å². The number of rotatable bonds is 0. The van der Waals surface area contributed by atoms with Gasteiger partial charge in [-0.3, -0.25) is 4.79 Å². The highest BCUT2D eigenvalue weighted by Gasteiger charge is 2.46. The quantitative estimate of drug-likeness (QED) is 0.563. The highest BCUT2D eigenvalue weighted by atomic mass is 16.5. The lowest BCUT2D eigenvalue weighted by molar-refractivity contribution is -0.149. The number of hydrogen-bond donors (Lipinski definition) is 2. The fraction of sp³-hybridized carbons (Fsp3) is 0.900. The van der Waals surface area contributed by atoms with Gasteiger partial charge in [-0.05, 0) is 25.7 Å². The van der Waals surface area contributed by atoms with Gasteiger partial charge in [0.2, 0.25) is 5.91 Å². The Bertz CT molecular complexity index is 243. The predicted molar refractivity (Wildman–Crippen MR) is 50.9 cm³/mol. The number of nitrogens with one attached hydrogen (secondary N) is 2. The highest BCUT2D eigenvalue weighted by Crippen LogP contribution is 2.36. The van der Waals surface area contributed by atoms with Crippen LogP contribution in [0.15, 0.2) is 0 Å². The predicted octanol–water partition coefficient (Wildman–Crippen LogP) is -0.214. The summed E-state index contributed by atoms with van der Waals surface area (Å²) in [7, 11) is 0. The molecule has 0 aromatic heterocycles. The van der Waals surface area contributed by atoms with Crippen LogP contribution in [0.3, 0.4) is 0 Å². The molecule has 2 bridgehead atoms. The van der Waals surface area contributed by atoms with E-state index in [9.17, 15) is 4.79 Å². The Morgan fingerprint density at radius 3 is 2.57 bits per heavy atom. The average Bonchev–Trinajstić information content (AvgIpc) is 2.52. The third kappa shape index (κ3) is 1.33. The summed E-state index contributed by atoms with van der Waals surface area (Å²) in [5, 5.41) is 6.50. The van der Waals surface area contributed by atoms with Crippen LogP contribution in [-0.4, -0.2) is 36.7 Å². The maximum Gasteiger partial charge on any atom is 0.246 e. The second-order valence-corrected chi connectivity index (χ2v) is 4.79. The van der Waals surface area contributed by atoms with E-state index in [1.165, 1.54) is 12.8 Å². The first-order valence-electron chi connectivity index (χ1n) is 5.43. The van der Waals surface area contributed by atoms with E-state index in [0.717, 1.165) is 12.8 Å². The zero-order chi connectivity index (χ0) is 9.60. The molecule has 3 aliphatic rings. The largest absolute Gasteiger partial charge is 0.363 e. The summed E-state index contributed by atoms with van der Waals surface area (Å²) in [5.41, 5.74) is -0.0506. The molecule has 1 amide bonds. The fourth-order valence-electron chi connectivity index (χ4n) is 3.05. The molecule has 2 unspecified atom stereocenters. The molecule has 4 heteroatoms. The van der Waals surface area contributed by atoms with Crippen molar-refractivity contribution in [3.8, 4) is 0 Å². The molecule has 4 nitrogen and oxygen atoms in total. The number of ether oxygens (including phenoxy) is 1. The van der Waals surface area contributed by atoms with Gasteiger partial charge in [-0.1, -0.05) is 0 Å². The molecule has 3 rings (SSSR count). The summed E-state index contributed by atoms with van der Waals surface area (Å²) < 4.78 is 5.75. The number of piperidine rings is 1. The fourth-order valence-corrected chi connectivity index (χ4v) is 3.05. The van der Waals surface area contributed by atoms with E-state index in [0.29, 0.717) is 18.6 Å². The topological polar surface area (TPSA) is 50.4 Å². The Labute approximate surface area is 83.4 Å². The third-order valence-corrected chi connectivity index (χ3v) is 3.69. The normalized spacial score (nSPS) is 46.7. The first-order valence-corrected chi connectivity index (χ1v) is 5.43. The smallest absolute Gasteiger partial charge is 0.246 e. The standard InChI is InChI=1S/C10H16N2O2/c13-9-5-14-10(6-11-9)3-7-1-2-8(4-10)12-7/h7-8,12H,1-6H2,(H,11,13). The summed E-state index contributed by atoms with van der Waals surface area (Å²) in [5.74, 6) is 0.0292. The van der Waals surface area contributed by atoms with E-state index in [-0.39, 0.29) is 18.1 Å². The van der Waals surface area contributed by atoms with Crippen molar-refractivity contribution in [2.24, 2.45) is 0 Å². The van der Waals surface area contributed by atoms with Gasteiger partial charge in [0.25, 0.3) is 0 Å². The minimum absolute atomic E-state index is 0.0292. The van der Waals surface area contributed by atoms with Gasteiger partial charge in [-0.15, -0.1) is 0 Å². The monoisotopic (exact) mass is 196 g/mol. The first-order chi connectivity index (χ1) is 6.76. The minimum atomic E-state index is -0.0506. The zero-order valence-electron chi connectivity index (χ0n) is 8.21. The van der Waals surface area contributed by atoms with Crippen LogP contribution in [0, 0.1) is 0 Å². The van der Waals surface area contributed by atoms with E-state index in [1.54, 1.807) is 0 Å². The van der Waals surface area contributed by atoms with Crippen LogP contribution in [0.2, 0.25) is 0 Å². The summed E-state index contributed by atoms with van der Waals surface area (Å²) in [4.78, 5) is 11.0. The Morgan fingerprint density at radius 1 is 1.29 bits per heavy atom. The zero-order valence-corrected chi connectivity index (χ0v) is 8.21. The molecule has 78 valence electrons. The van der Waals surface area contributed by atoms with E-state index >= 15 is 0 Å². The maximum atomic E-state index is 11.0. The Hall–Kier alpha value is -0.610. The molecule has 0 saturated carbocycles. The van der Waals surface area contributed by atoms with Gasteiger partial charge in [0, 0.05) is 18.6 Å². The van der Waals surface area contributed by atoms with Crippen molar-refractivity contribution >= 4 is 5.91 Å². The SMILES string of the molecule is O=C1COC2(CN1)CC1CCC(C2)N1. The average molecular weight is 196 g/mol.